The van der Waals surface area contributed by atoms with E-state index in [1.54, 1.807) is 6.20 Å². The summed E-state index contributed by atoms with van der Waals surface area (Å²) in [5.74, 6) is 0.569. The minimum Gasteiger partial charge on any atom is -0.382 e. The van der Waals surface area contributed by atoms with Crippen LogP contribution in [-0.4, -0.2) is 36.1 Å². The van der Waals surface area contributed by atoms with Crippen molar-refractivity contribution in [1.82, 2.24) is 9.88 Å². The van der Waals surface area contributed by atoms with Gasteiger partial charge in [0, 0.05) is 18.8 Å². The molecule has 1 heterocycles. The van der Waals surface area contributed by atoms with Crippen molar-refractivity contribution in [3.05, 3.63) is 18.3 Å². The van der Waals surface area contributed by atoms with E-state index < -0.39 is 0 Å². The van der Waals surface area contributed by atoms with Crippen molar-refractivity contribution in [1.29, 1.82) is 0 Å². The Labute approximate surface area is 97.9 Å². The summed E-state index contributed by atoms with van der Waals surface area (Å²) in [4.78, 5) is 6.35. The van der Waals surface area contributed by atoms with Crippen molar-refractivity contribution in [2.75, 3.05) is 31.2 Å². The predicted molar refractivity (Wildman–Crippen MR) is 69.5 cm³/mol. The van der Waals surface area contributed by atoms with Gasteiger partial charge in [0.1, 0.15) is 5.82 Å². The molecular weight excluding hydrogens is 200 g/mol. The quantitative estimate of drug-likeness (QED) is 0.721. The Balaban J connectivity index is 2.24. The molecule has 0 unspecified atom stereocenters. The molecule has 0 saturated carbocycles. The van der Waals surface area contributed by atoms with E-state index in [9.17, 15) is 0 Å². The molecule has 0 spiro atoms. The number of hydrogen-bond donors (Lipinski definition) is 2. The predicted octanol–water partition coefficient (Wildman–Crippen LogP) is 1.81. The third-order valence-corrected chi connectivity index (χ3v) is 2.72. The highest BCUT2D eigenvalue weighted by Crippen LogP contribution is 2.13. The van der Waals surface area contributed by atoms with Gasteiger partial charge in [-0.1, -0.05) is 0 Å². The fourth-order valence-electron chi connectivity index (χ4n) is 1.38. The van der Waals surface area contributed by atoms with Crippen molar-refractivity contribution >= 4 is 11.5 Å². The van der Waals surface area contributed by atoms with E-state index in [1.165, 1.54) is 0 Å². The van der Waals surface area contributed by atoms with Crippen LogP contribution >= 0.6 is 0 Å². The topological polar surface area (TPSA) is 54.2 Å². The second-order valence-corrected chi connectivity index (χ2v) is 4.29. The van der Waals surface area contributed by atoms with Gasteiger partial charge < -0.3 is 16.0 Å². The lowest BCUT2D eigenvalue weighted by molar-refractivity contribution is 0.273. The third-order valence-electron chi connectivity index (χ3n) is 2.72. The van der Waals surface area contributed by atoms with E-state index in [1.807, 2.05) is 12.1 Å². The number of nitrogens with one attached hydrogen (secondary N) is 1. The largest absolute Gasteiger partial charge is 0.382 e. The summed E-state index contributed by atoms with van der Waals surface area (Å²) in [5.41, 5.74) is 6.65. The van der Waals surface area contributed by atoms with Gasteiger partial charge in [0.15, 0.2) is 0 Å². The van der Waals surface area contributed by atoms with Crippen LogP contribution in [-0.2, 0) is 0 Å². The average Bonchev–Trinajstić information content (AvgIpc) is 2.26. The maximum Gasteiger partial charge on any atom is 0.146 e. The molecule has 0 fully saturated rings. The van der Waals surface area contributed by atoms with Gasteiger partial charge in [-0.15, -0.1) is 0 Å². The first-order valence-electron chi connectivity index (χ1n) is 5.76. The molecule has 0 aromatic carbocycles. The van der Waals surface area contributed by atoms with Crippen LogP contribution in [0.2, 0.25) is 0 Å². The van der Waals surface area contributed by atoms with Crippen LogP contribution in [0.1, 0.15) is 20.3 Å². The Kier molecular flexibility index (Phi) is 5.05. The SMILES string of the molecule is CC(C)N(C)CCCNc1cccnc1N. The number of nitrogens with zero attached hydrogens (tertiary/aromatic N) is 2. The lowest BCUT2D eigenvalue weighted by atomic mass is 10.3. The molecule has 1 aromatic heterocycles. The second-order valence-electron chi connectivity index (χ2n) is 4.29. The molecule has 3 N–H and O–H groups in total. The number of pyridine rings is 1. The Bertz CT molecular complexity index is 312. The van der Waals surface area contributed by atoms with E-state index in [0.29, 0.717) is 11.9 Å². The average molecular weight is 222 g/mol. The van der Waals surface area contributed by atoms with Gasteiger partial charge in [0.05, 0.1) is 5.69 Å². The molecule has 4 heteroatoms. The van der Waals surface area contributed by atoms with Crippen LogP contribution < -0.4 is 11.1 Å². The summed E-state index contributed by atoms with van der Waals surface area (Å²) in [7, 11) is 2.14. The fraction of sp³-hybridized carbons (Fsp3) is 0.583. The zero-order valence-corrected chi connectivity index (χ0v) is 10.4. The smallest absolute Gasteiger partial charge is 0.146 e. The fourth-order valence-corrected chi connectivity index (χ4v) is 1.38. The molecule has 0 aliphatic carbocycles. The number of aromatic nitrogens is 1. The van der Waals surface area contributed by atoms with Gasteiger partial charge in [-0.05, 0) is 46.0 Å². The summed E-state index contributed by atoms with van der Waals surface area (Å²) < 4.78 is 0. The number of hydrogen-bond acceptors (Lipinski definition) is 4. The maximum atomic E-state index is 5.73. The molecule has 0 amide bonds. The minimum absolute atomic E-state index is 0.569. The first kappa shape index (κ1) is 12.8. The van der Waals surface area contributed by atoms with Gasteiger partial charge in [-0.25, -0.2) is 4.98 Å². The normalized spacial score (nSPS) is 11.1. The van der Waals surface area contributed by atoms with Crippen LogP contribution in [0.15, 0.2) is 18.3 Å². The summed E-state index contributed by atoms with van der Waals surface area (Å²) in [5, 5.41) is 3.29. The second kappa shape index (κ2) is 6.33. The number of anilines is 2. The van der Waals surface area contributed by atoms with Gasteiger partial charge in [0.2, 0.25) is 0 Å². The van der Waals surface area contributed by atoms with Crippen molar-refractivity contribution in [2.24, 2.45) is 0 Å². The molecule has 16 heavy (non-hydrogen) atoms. The van der Waals surface area contributed by atoms with Crippen LogP contribution in [0.5, 0.6) is 0 Å². The highest BCUT2D eigenvalue weighted by atomic mass is 15.1. The Morgan fingerprint density at radius 2 is 2.25 bits per heavy atom. The van der Waals surface area contributed by atoms with Crippen LogP contribution in [0.25, 0.3) is 0 Å². The molecule has 1 rings (SSSR count). The Morgan fingerprint density at radius 3 is 2.88 bits per heavy atom. The summed E-state index contributed by atoms with van der Waals surface area (Å²) >= 11 is 0. The first-order valence-corrected chi connectivity index (χ1v) is 5.76. The van der Waals surface area contributed by atoms with E-state index in [4.69, 9.17) is 5.73 Å². The molecule has 0 aliphatic rings. The number of nitrogen functional groups attached to an aromatic ring is 1. The highest BCUT2D eigenvalue weighted by Gasteiger charge is 2.02. The zero-order valence-electron chi connectivity index (χ0n) is 10.4. The molecule has 0 atom stereocenters. The van der Waals surface area contributed by atoms with Crippen molar-refractivity contribution < 1.29 is 0 Å². The van der Waals surface area contributed by atoms with E-state index in [0.717, 1.165) is 25.2 Å². The van der Waals surface area contributed by atoms with E-state index >= 15 is 0 Å². The number of rotatable bonds is 6. The monoisotopic (exact) mass is 222 g/mol. The van der Waals surface area contributed by atoms with Crippen molar-refractivity contribution in [3.63, 3.8) is 0 Å². The van der Waals surface area contributed by atoms with E-state index in [2.05, 4.69) is 36.1 Å². The summed E-state index contributed by atoms with van der Waals surface area (Å²) in [6.07, 6.45) is 2.80. The molecule has 4 nitrogen and oxygen atoms in total. The Morgan fingerprint density at radius 1 is 1.50 bits per heavy atom. The summed E-state index contributed by atoms with van der Waals surface area (Å²) in [6.45, 7) is 6.41. The first-order chi connectivity index (χ1) is 7.61. The molecule has 0 radical (unpaired) electrons. The van der Waals surface area contributed by atoms with Crippen LogP contribution in [0.4, 0.5) is 11.5 Å². The van der Waals surface area contributed by atoms with Crippen molar-refractivity contribution in [3.8, 4) is 0 Å². The van der Waals surface area contributed by atoms with Crippen LogP contribution in [0.3, 0.4) is 0 Å². The van der Waals surface area contributed by atoms with Crippen molar-refractivity contribution in [2.45, 2.75) is 26.3 Å². The molecule has 1 aromatic rings. The lowest BCUT2D eigenvalue weighted by Crippen LogP contribution is -2.28. The Hall–Kier alpha value is -1.29. The molecular formula is C12H22N4. The van der Waals surface area contributed by atoms with Gasteiger partial charge >= 0.3 is 0 Å². The zero-order chi connectivity index (χ0) is 12.0. The molecule has 90 valence electrons. The molecule has 0 aliphatic heterocycles. The minimum atomic E-state index is 0.569. The van der Waals surface area contributed by atoms with E-state index in [-0.39, 0.29) is 0 Å². The molecule has 0 saturated heterocycles. The number of nitrogens with two attached hydrogens (primary N) is 1. The van der Waals surface area contributed by atoms with Crippen LogP contribution in [0, 0.1) is 0 Å². The lowest BCUT2D eigenvalue weighted by Gasteiger charge is -2.20. The maximum absolute atomic E-state index is 5.73. The van der Waals surface area contributed by atoms with Gasteiger partial charge in [-0.3, -0.25) is 0 Å². The molecule has 0 bridgehead atoms. The van der Waals surface area contributed by atoms with Gasteiger partial charge in [0.25, 0.3) is 0 Å². The highest BCUT2D eigenvalue weighted by molar-refractivity contribution is 5.60. The summed E-state index contributed by atoms with van der Waals surface area (Å²) in [6, 6.07) is 4.44. The van der Waals surface area contributed by atoms with Gasteiger partial charge in [-0.2, -0.15) is 0 Å². The standard InChI is InChI=1S/C12H22N4/c1-10(2)16(3)9-5-8-14-11-6-4-7-15-12(11)13/h4,6-7,10,14H,5,8-9H2,1-3H3,(H2,13,15). The third kappa shape index (κ3) is 4.06.